The Kier molecular flexibility index (Phi) is 6.18. The van der Waals surface area contributed by atoms with Gasteiger partial charge in [-0.15, -0.1) is 0 Å². The molecule has 5 nitrogen and oxygen atoms in total. The van der Waals surface area contributed by atoms with Crippen LogP contribution in [0.2, 0.25) is 0 Å². The number of hydrogen-bond donors (Lipinski definition) is 2. The number of rotatable bonds is 6. The summed E-state index contributed by atoms with van der Waals surface area (Å²) in [7, 11) is 2.03. The lowest BCUT2D eigenvalue weighted by atomic mass is 9.83. The number of likely N-dealkylation sites (tertiary alicyclic amines) is 1. The quantitative estimate of drug-likeness (QED) is 0.780. The molecule has 5 heteroatoms. The Morgan fingerprint density at radius 1 is 1.48 bits per heavy atom. The summed E-state index contributed by atoms with van der Waals surface area (Å²) in [5.74, 6) is -0.187. The van der Waals surface area contributed by atoms with Crippen LogP contribution in [-0.2, 0) is 4.79 Å². The van der Waals surface area contributed by atoms with Gasteiger partial charge in [-0.25, -0.2) is 0 Å². The molecular weight excluding hydrogens is 264 g/mol. The first-order valence-electron chi connectivity index (χ1n) is 7.91. The van der Waals surface area contributed by atoms with Crippen LogP contribution in [0.5, 0.6) is 0 Å². The molecule has 0 aromatic carbocycles. The predicted molar refractivity (Wildman–Crippen MR) is 84.5 cm³/mol. The molecule has 0 bridgehead atoms. The molecule has 1 rings (SSSR count). The van der Waals surface area contributed by atoms with Gasteiger partial charge in [0.2, 0.25) is 5.91 Å². The van der Waals surface area contributed by atoms with Gasteiger partial charge in [-0.2, -0.15) is 5.26 Å². The van der Waals surface area contributed by atoms with E-state index in [1.165, 1.54) is 0 Å². The highest BCUT2D eigenvalue weighted by atomic mass is 16.2. The second-order valence-electron chi connectivity index (χ2n) is 7.15. The fourth-order valence-electron chi connectivity index (χ4n) is 2.45. The lowest BCUT2D eigenvalue weighted by molar-refractivity contribution is -0.124. The van der Waals surface area contributed by atoms with E-state index in [2.05, 4.69) is 37.1 Å². The van der Waals surface area contributed by atoms with Crippen molar-refractivity contribution in [2.75, 3.05) is 20.1 Å². The van der Waals surface area contributed by atoms with E-state index in [9.17, 15) is 10.1 Å². The second kappa shape index (κ2) is 7.24. The Hall–Kier alpha value is -1.12. The third-order valence-corrected chi connectivity index (χ3v) is 4.84. The standard InChI is InChI=1S/C16H30N4O/c1-5-15(2,3)7-6-13(18)14(21)19-16(12-17)8-10-20(4)11-9-16/h13H,5-11,18H2,1-4H3,(H,19,21). The van der Waals surface area contributed by atoms with Gasteiger partial charge in [-0.1, -0.05) is 27.2 Å². The molecule has 1 unspecified atom stereocenters. The minimum absolute atomic E-state index is 0.187. The van der Waals surface area contributed by atoms with Gasteiger partial charge in [0.25, 0.3) is 0 Å². The van der Waals surface area contributed by atoms with E-state index in [1.807, 2.05) is 7.05 Å². The Labute approximate surface area is 128 Å². The predicted octanol–water partition coefficient (Wildman–Crippen LogP) is 1.63. The lowest BCUT2D eigenvalue weighted by Crippen LogP contribution is -2.57. The molecule has 1 fully saturated rings. The summed E-state index contributed by atoms with van der Waals surface area (Å²) in [4.78, 5) is 14.4. The Morgan fingerprint density at radius 3 is 2.52 bits per heavy atom. The maximum Gasteiger partial charge on any atom is 0.238 e. The largest absolute Gasteiger partial charge is 0.336 e. The van der Waals surface area contributed by atoms with Gasteiger partial charge >= 0.3 is 0 Å². The molecule has 120 valence electrons. The number of nitrogens with zero attached hydrogens (tertiary/aromatic N) is 2. The molecule has 0 spiro atoms. The summed E-state index contributed by atoms with van der Waals surface area (Å²) >= 11 is 0. The van der Waals surface area contributed by atoms with Crippen LogP contribution in [0.4, 0.5) is 0 Å². The lowest BCUT2D eigenvalue weighted by Gasteiger charge is -2.36. The smallest absolute Gasteiger partial charge is 0.238 e. The number of nitriles is 1. The molecule has 0 aliphatic carbocycles. The van der Waals surface area contributed by atoms with Gasteiger partial charge in [0.1, 0.15) is 5.54 Å². The summed E-state index contributed by atoms with van der Waals surface area (Å²) in [5, 5.41) is 12.3. The molecule has 3 N–H and O–H groups in total. The Bertz CT molecular complexity index is 392. The topological polar surface area (TPSA) is 82.1 Å². The average molecular weight is 294 g/mol. The molecule has 21 heavy (non-hydrogen) atoms. The van der Waals surface area contributed by atoms with Crippen molar-refractivity contribution in [1.82, 2.24) is 10.2 Å². The summed E-state index contributed by atoms with van der Waals surface area (Å²) in [5.41, 5.74) is 5.48. The van der Waals surface area contributed by atoms with Crippen molar-refractivity contribution in [3.8, 4) is 6.07 Å². The number of hydrogen-bond acceptors (Lipinski definition) is 4. The van der Waals surface area contributed by atoms with Crippen LogP contribution < -0.4 is 11.1 Å². The normalized spacial score (nSPS) is 20.6. The molecule has 0 radical (unpaired) electrons. The van der Waals surface area contributed by atoms with Gasteiger partial charge in [0.15, 0.2) is 0 Å². The summed E-state index contributed by atoms with van der Waals surface area (Å²) < 4.78 is 0. The average Bonchev–Trinajstić information content (AvgIpc) is 2.47. The summed E-state index contributed by atoms with van der Waals surface area (Å²) in [6.07, 6.45) is 3.97. The van der Waals surface area contributed by atoms with Gasteiger partial charge in [-0.05, 0) is 38.1 Å². The van der Waals surface area contributed by atoms with E-state index in [0.717, 1.165) is 25.9 Å². The molecule has 1 amide bonds. The first-order chi connectivity index (χ1) is 9.73. The minimum atomic E-state index is -0.735. The van der Waals surface area contributed by atoms with E-state index < -0.39 is 11.6 Å². The summed E-state index contributed by atoms with van der Waals surface area (Å²) in [6, 6.07) is 1.77. The van der Waals surface area contributed by atoms with E-state index >= 15 is 0 Å². The number of amides is 1. The zero-order valence-corrected chi connectivity index (χ0v) is 13.9. The van der Waals surface area contributed by atoms with Crippen molar-refractivity contribution in [3.05, 3.63) is 0 Å². The first kappa shape index (κ1) is 17.9. The van der Waals surface area contributed by atoms with Crippen LogP contribution in [0.25, 0.3) is 0 Å². The van der Waals surface area contributed by atoms with Crippen LogP contribution in [0.3, 0.4) is 0 Å². The fourth-order valence-corrected chi connectivity index (χ4v) is 2.45. The van der Waals surface area contributed by atoms with Gasteiger partial charge in [-0.3, -0.25) is 4.79 Å². The molecule has 0 saturated carbocycles. The van der Waals surface area contributed by atoms with Crippen LogP contribution in [-0.4, -0.2) is 42.5 Å². The molecule has 1 aliphatic rings. The number of piperidine rings is 1. The first-order valence-corrected chi connectivity index (χ1v) is 7.91. The number of nitrogens with one attached hydrogen (secondary N) is 1. The number of nitrogens with two attached hydrogens (primary N) is 1. The van der Waals surface area contributed by atoms with Crippen LogP contribution >= 0.6 is 0 Å². The van der Waals surface area contributed by atoms with Crippen molar-refractivity contribution >= 4 is 5.91 Å². The van der Waals surface area contributed by atoms with E-state index in [0.29, 0.717) is 19.3 Å². The van der Waals surface area contributed by atoms with E-state index in [-0.39, 0.29) is 11.3 Å². The third kappa shape index (κ3) is 5.29. The summed E-state index contributed by atoms with van der Waals surface area (Å²) in [6.45, 7) is 8.17. The van der Waals surface area contributed by atoms with E-state index in [4.69, 9.17) is 5.73 Å². The maximum absolute atomic E-state index is 12.3. The van der Waals surface area contributed by atoms with Crippen molar-refractivity contribution in [1.29, 1.82) is 5.26 Å². The highest BCUT2D eigenvalue weighted by molar-refractivity contribution is 5.82. The van der Waals surface area contributed by atoms with Crippen molar-refractivity contribution in [3.63, 3.8) is 0 Å². The molecule has 1 saturated heterocycles. The fraction of sp³-hybridized carbons (Fsp3) is 0.875. The zero-order valence-electron chi connectivity index (χ0n) is 13.9. The Morgan fingerprint density at radius 2 is 2.05 bits per heavy atom. The zero-order chi connectivity index (χ0) is 16.1. The van der Waals surface area contributed by atoms with Crippen LogP contribution in [0.1, 0.15) is 52.9 Å². The van der Waals surface area contributed by atoms with Crippen molar-refractivity contribution in [2.45, 2.75) is 64.5 Å². The molecule has 0 aromatic heterocycles. The van der Waals surface area contributed by atoms with Crippen molar-refractivity contribution < 1.29 is 4.79 Å². The highest BCUT2D eigenvalue weighted by Crippen LogP contribution is 2.27. The number of carbonyl (C=O) groups is 1. The molecule has 1 aliphatic heterocycles. The second-order valence-corrected chi connectivity index (χ2v) is 7.15. The molecule has 1 heterocycles. The SMILES string of the molecule is CCC(C)(C)CCC(N)C(=O)NC1(C#N)CCN(C)CC1. The molecule has 1 atom stereocenters. The van der Waals surface area contributed by atoms with E-state index in [1.54, 1.807) is 0 Å². The highest BCUT2D eigenvalue weighted by Gasteiger charge is 2.36. The van der Waals surface area contributed by atoms with Crippen LogP contribution in [0.15, 0.2) is 0 Å². The monoisotopic (exact) mass is 294 g/mol. The Balaban J connectivity index is 2.53. The molecular formula is C16H30N4O. The van der Waals surface area contributed by atoms with Gasteiger partial charge in [0.05, 0.1) is 12.1 Å². The van der Waals surface area contributed by atoms with Gasteiger partial charge < -0.3 is 16.0 Å². The number of carbonyl (C=O) groups excluding carboxylic acids is 1. The van der Waals surface area contributed by atoms with Crippen LogP contribution in [0, 0.1) is 16.7 Å². The van der Waals surface area contributed by atoms with Crippen molar-refractivity contribution in [2.24, 2.45) is 11.1 Å². The van der Waals surface area contributed by atoms with Gasteiger partial charge in [0, 0.05) is 13.1 Å². The minimum Gasteiger partial charge on any atom is -0.336 e. The third-order valence-electron chi connectivity index (χ3n) is 4.84. The molecule has 0 aromatic rings. The maximum atomic E-state index is 12.3.